The Balaban J connectivity index is 1.45. The summed E-state index contributed by atoms with van der Waals surface area (Å²) in [6.45, 7) is 5.36. The topological polar surface area (TPSA) is 142 Å². The number of unbranched alkanes of at least 4 members (excludes halogenated alkanes) is 10. The number of hydrogen-bond donors (Lipinski definition) is 2. The zero-order chi connectivity index (χ0) is 36.4. The lowest BCUT2D eigenvalue weighted by Gasteiger charge is -2.35. The van der Waals surface area contributed by atoms with Crippen LogP contribution in [-0.4, -0.2) is 54.7 Å². The van der Waals surface area contributed by atoms with Crippen LogP contribution in [0.2, 0.25) is 0 Å². The van der Waals surface area contributed by atoms with Gasteiger partial charge in [-0.3, -0.25) is 9.79 Å². The minimum Gasteiger partial charge on any atom is -0.429 e. The van der Waals surface area contributed by atoms with Crippen LogP contribution < -0.4 is 10.5 Å². The number of aliphatic imine (C=N–C) groups is 2. The number of terminal acetylenes is 1. The van der Waals surface area contributed by atoms with Gasteiger partial charge in [-0.25, -0.2) is 9.79 Å². The van der Waals surface area contributed by atoms with Gasteiger partial charge in [0.2, 0.25) is 5.95 Å². The van der Waals surface area contributed by atoms with Crippen molar-refractivity contribution >= 4 is 24.2 Å². The first kappa shape index (κ1) is 40.2. The van der Waals surface area contributed by atoms with Crippen molar-refractivity contribution in [3.8, 4) is 18.1 Å². The summed E-state index contributed by atoms with van der Waals surface area (Å²) in [5.74, 6) is 1.30. The van der Waals surface area contributed by atoms with E-state index in [0.717, 1.165) is 19.3 Å². The van der Waals surface area contributed by atoms with Crippen molar-refractivity contribution in [2.75, 3.05) is 13.7 Å². The number of nitrogens with two attached hydrogens (primary N) is 1. The number of benzene rings is 1. The fourth-order valence-electron chi connectivity index (χ4n) is 5.91. The summed E-state index contributed by atoms with van der Waals surface area (Å²) < 4.78 is 35.9. The Labute approximate surface area is 295 Å². The highest BCUT2D eigenvalue weighted by molar-refractivity contribution is 6.01. The predicted octanol–water partition coefficient (Wildman–Crippen LogP) is 7.80. The number of aliphatic hydroxyl groups is 1. The Morgan fingerprint density at radius 3 is 2.34 bits per heavy atom. The van der Waals surface area contributed by atoms with Crippen molar-refractivity contribution in [2.24, 2.45) is 21.6 Å². The lowest BCUT2D eigenvalue weighted by atomic mass is 9.84. The van der Waals surface area contributed by atoms with Crippen LogP contribution in [0.15, 0.2) is 69.7 Å². The van der Waals surface area contributed by atoms with E-state index < -0.39 is 30.4 Å². The van der Waals surface area contributed by atoms with Gasteiger partial charge in [-0.2, -0.15) is 4.39 Å². The molecule has 3 rings (SSSR count). The van der Waals surface area contributed by atoms with Crippen LogP contribution in [0.5, 0.6) is 5.75 Å². The third-order valence-corrected chi connectivity index (χ3v) is 8.93. The fourth-order valence-corrected chi connectivity index (χ4v) is 5.91. The maximum atomic E-state index is 14.0. The number of aliphatic hydroxyl groups excluding tert-OH is 1. The van der Waals surface area contributed by atoms with E-state index in [9.17, 15) is 19.1 Å². The summed E-state index contributed by atoms with van der Waals surface area (Å²) in [7, 11) is 1.30. The number of carbonyl (C=O) groups excluding carboxylic acids is 2. The summed E-state index contributed by atoms with van der Waals surface area (Å²) in [6.07, 6.45) is 20.4. The lowest BCUT2D eigenvalue weighted by Crippen LogP contribution is -2.49. The van der Waals surface area contributed by atoms with E-state index in [1.807, 2.05) is 0 Å². The van der Waals surface area contributed by atoms with Gasteiger partial charge in [-0.05, 0) is 48.1 Å². The largest absolute Gasteiger partial charge is 0.509 e. The van der Waals surface area contributed by atoms with E-state index in [1.165, 1.54) is 64.6 Å². The van der Waals surface area contributed by atoms with Gasteiger partial charge in [-0.15, -0.1) is 6.42 Å². The number of rotatable bonds is 21. The van der Waals surface area contributed by atoms with Crippen molar-refractivity contribution in [1.82, 2.24) is 0 Å². The number of methoxy groups -OCH3 is 1. The summed E-state index contributed by atoms with van der Waals surface area (Å²) in [6, 6.07) is 6.63. The van der Waals surface area contributed by atoms with Crippen LogP contribution in [0.25, 0.3) is 0 Å². The van der Waals surface area contributed by atoms with Gasteiger partial charge in [0, 0.05) is 31.7 Å². The molecule has 2 aliphatic heterocycles. The zero-order valence-corrected chi connectivity index (χ0v) is 29.5. The van der Waals surface area contributed by atoms with E-state index in [4.69, 9.17) is 31.1 Å². The van der Waals surface area contributed by atoms with E-state index in [1.54, 1.807) is 30.5 Å². The summed E-state index contributed by atoms with van der Waals surface area (Å²) in [5.41, 5.74) is 6.14. The van der Waals surface area contributed by atoms with E-state index in [-0.39, 0.29) is 30.8 Å². The zero-order valence-electron chi connectivity index (χ0n) is 29.5. The van der Waals surface area contributed by atoms with Crippen LogP contribution in [0, 0.1) is 18.3 Å². The molecule has 2 heterocycles. The molecule has 0 amide bonds. The molecule has 0 spiro atoms. The molecule has 1 aromatic rings. The average Bonchev–Trinajstić information content (AvgIpc) is 3.21. The SMILES string of the molecule is C#CC(CO)(OC)[C@H](CC1C=NC2=C(C1)C(=C)C=C(F)N=C2N)OC(=O)OCc1ccc(OC(=O)CCCCCCCCCCCCC)cc1. The fraction of sp³-hybridized carbons (Fsp3) is 0.538. The van der Waals surface area contributed by atoms with Crippen LogP contribution in [0.4, 0.5) is 9.18 Å². The Kier molecular flexibility index (Phi) is 16.9. The van der Waals surface area contributed by atoms with E-state index in [2.05, 4.69) is 29.4 Å². The molecule has 0 saturated carbocycles. The Hall–Kier alpha value is -4.27. The first-order valence-electron chi connectivity index (χ1n) is 17.6. The summed E-state index contributed by atoms with van der Waals surface area (Å²) in [5, 5.41) is 10.2. The minimum atomic E-state index is -1.67. The van der Waals surface area contributed by atoms with Gasteiger partial charge in [-0.1, -0.05) is 95.8 Å². The normalized spacial score (nSPS) is 17.4. The monoisotopic (exact) mass is 693 g/mol. The standard InChI is InChI=1S/C39H52FN3O7/c1-5-7-8-9-10-11-12-13-14-15-16-17-35(45)49-31-20-18-29(19-21-31)26-48-38(46)50-33(39(6-2,27-44)47-4)24-30-23-32-28(3)22-34(40)43-37(41)36(32)42-25-30/h2,18-22,25,30,33,44H,3,5,7-17,23-24,26-27H2,1,4H3,(H2,41,43)/t30?,33-,39?/m0/s1. The van der Waals surface area contributed by atoms with Crippen molar-refractivity contribution in [2.45, 2.75) is 115 Å². The number of halogens is 1. The molecule has 0 aromatic heterocycles. The average molecular weight is 694 g/mol. The van der Waals surface area contributed by atoms with Gasteiger partial charge in [0.15, 0.2) is 11.4 Å². The summed E-state index contributed by atoms with van der Waals surface area (Å²) in [4.78, 5) is 33.2. The molecular weight excluding hydrogens is 641 g/mol. The molecule has 1 aromatic carbocycles. The van der Waals surface area contributed by atoms with Gasteiger partial charge >= 0.3 is 12.1 Å². The molecule has 0 bridgehead atoms. The van der Waals surface area contributed by atoms with Gasteiger partial charge in [0.25, 0.3) is 0 Å². The summed E-state index contributed by atoms with van der Waals surface area (Å²) >= 11 is 0. The molecule has 50 heavy (non-hydrogen) atoms. The molecule has 11 heteroatoms. The lowest BCUT2D eigenvalue weighted by molar-refractivity contribution is -0.134. The van der Waals surface area contributed by atoms with Gasteiger partial charge < -0.3 is 29.8 Å². The molecule has 272 valence electrons. The van der Waals surface area contributed by atoms with Crippen LogP contribution in [0.1, 0.15) is 102 Å². The molecule has 2 unspecified atom stereocenters. The van der Waals surface area contributed by atoms with Gasteiger partial charge in [0.05, 0.1) is 6.61 Å². The molecule has 2 aliphatic rings. The number of carbonyl (C=O) groups is 2. The van der Waals surface area contributed by atoms with Crippen LogP contribution >= 0.6 is 0 Å². The maximum Gasteiger partial charge on any atom is 0.509 e. The van der Waals surface area contributed by atoms with Crippen LogP contribution in [0.3, 0.4) is 0 Å². The second kappa shape index (κ2) is 21.1. The molecule has 0 radical (unpaired) electrons. The molecule has 0 fully saturated rings. The maximum absolute atomic E-state index is 14.0. The number of allylic oxidation sites excluding steroid dienone is 3. The quantitative estimate of drug-likeness (QED) is 0.0437. The Bertz CT molecular complexity index is 1450. The first-order valence-corrected chi connectivity index (χ1v) is 17.6. The molecule has 10 nitrogen and oxygen atoms in total. The van der Waals surface area contributed by atoms with Crippen LogP contribution in [-0.2, 0) is 25.6 Å². The Morgan fingerprint density at radius 2 is 1.74 bits per heavy atom. The van der Waals surface area contributed by atoms with Crippen molar-refractivity contribution in [1.29, 1.82) is 0 Å². The van der Waals surface area contributed by atoms with Crippen molar-refractivity contribution < 1.29 is 38.0 Å². The first-order chi connectivity index (χ1) is 24.1. The Morgan fingerprint density at radius 1 is 1.10 bits per heavy atom. The third kappa shape index (κ3) is 12.6. The molecular formula is C39H52FN3O7. The second-order valence-electron chi connectivity index (χ2n) is 12.7. The third-order valence-electron chi connectivity index (χ3n) is 8.93. The van der Waals surface area contributed by atoms with Gasteiger partial charge in [0.1, 0.15) is 24.2 Å². The second-order valence-corrected chi connectivity index (χ2v) is 12.7. The minimum absolute atomic E-state index is 0.0746. The van der Waals surface area contributed by atoms with E-state index in [0.29, 0.717) is 41.0 Å². The number of esters is 1. The smallest absolute Gasteiger partial charge is 0.429 e. The molecule has 0 saturated heterocycles. The van der Waals surface area contributed by atoms with E-state index >= 15 is 0 Å². The molecule has 3 N–H and O–H groups in total. The highest BCUT2D eigenvalue weighted by atomic mass is 19.1. The number of hydrogen-bond acceptors (Lipinski definition) is 10. The van der Waals surface area contributed by atoms with Crippen molar-refractivity contribution in [3.05, 3.63) is 65.3 Å². The predicted molar refractivity (Wildman–Crippen MR) is 192 cm³/mol. The highest BCUT2D eigenvalue weighted by Crippen LogP contribution is 2.34. The molecule has 3 atom stereocenters. The number of amidine groups is 1. The van der Waals surface area contributed by atoms with Crippen molar-refractivity contribution in [3.63, 3.8) is 0 Å². The number of ether oxygens (including phenoxy) is 4. The molecule has 0 aliphatic carbocycles. The number of nitrogens with zero attached hydrogens (tertiary/aromatic N) is 2. The highest BCUT2D eigenvalue weighted by Gasteiger charge is 2.42.